The zero-order valence-corrected chi connectivity index (χ0v) is 14.0. The van der Waals surface area contributed by atoms with Crippen molar-refractivity contribution in [3.63, 3.8) is 0 Å². The highest BCUT2D eigenvalue weighted by Crippen LogP contribution is 2.17. The molecule has 3 rings (SSSR count). The Labute approximate surface area is 140 Å². The number of likely N-dealkylation sites (tertiary alicyclic amines) is 1. The second kappa shape index (κ2) is 7.44. The average Bonchev–Trinajstić information content (AvgIpc) is 2.55. The number of hydrogen-bond donors (Lipinski definition) is 1. The van der Waals surface area contributed by atoms with Crippen molar-refractivity contribution >= 4 is 5.82 Å². The van der Waals surface area contributed by atoms with Gasteiger partial charge in [0.05, 0.1) is 13.7 Å². The van der Waals surface area contributed by atoms with E-state index in [0.717, 1.165) is 37.4 Å². The van der Waals surface area contributed by atoms with Crippen LogP contribution in [0.2, 0.25) is 0 Å². The zero-order chi connectivity index (χ0) is 16.9. The standard InChI is InChI=1S/C17H22N4O3/c1-12-6-17(19-11-18-12)20-13-4-3-5-21(8-13)9-14-7-15(22)16(23-2)10-24-14/h6-7,10-11,13H,3-5,8-9H2,1-2H3,(H,18,19,20). The molecular formula is C17H22N4O3. The molecule has 0 amide bonds. The van der Waals surface area contributed by atoms with Gasteiger partial charge >= 0.3 is 0 Å². The van der Waals surface area contributed by atoms with Gasteiger partial charge in [0.25, 0.3) is 0 Å². The number of piperidine rings is 1. The van der Waals surface area contributed by atoms with Gasteiger partial charge in [0.1, 0.15) is 24.2 Å². The number of nitrogens with zero attached hydrogens (tertiary/aromatic N) is 3. The van der Waals surface area contributed by atoms with Crippen molar-refractivity contribution in [1.82, 2.24) is 14.9 Å². The molecule has 0 spiro atoms. The van der Waals surface area contributed by atoms with Gasteiger partial charge < -0.3 is 14.5 Å². The van der Waals surface area contributed by atoms with Crippen LogP contribution < -0.4 is 15.5 Å². The highest BCUT2D eigenvalue weighted by atomic mass is 16.5. The lowest BCUT2D eigenvalue weighted by Gasteiger charge is -2.33. The van der Waals surface area contributed by atoms with Crippen molar-refractivity contribution in [2.24, 2.45) is 0 Å². The summed E-state index contributed by atoms with van der Waals surface area (Å²) < 4.78 is 10.4. The maximum atomic E-state index is 11.8. The van der Waals surface area contributed by atoms with Crippen LogP contribution >= 0.6 is 0 Å². The van der Waals surface area contributed by atoms with Gasteiger partial charge in [-0.2, -0.15) is 0 Å². The fourth-order valence-electron chi connectivity index (χ4n) is 2.95. The molecule has 7 nitrogen and oxygen atoms in total. The van der Waals surface area contributed by atoms with Crippen LogP contribution in [0.15, 0.2) is 33.9 Å². The number of hydrogen-bond acceptors (Lipinski definition) is 7. The lowest BCUT2D eigenvalue weighted by molar-refractivity contribution is 0.192. The van der Waals surface area contributed by atoms with Gasteiger partial charge in [0.2, 0.25) is 11.2 Å². The first-order chi connectivity index (χ1) is 11.6. The highest BCUT2D eigenvalue weighted by Gasteiger charge is 2.21. The van der Waals surface area contributed by atoms with E-state index >= 15 is 0 Å². The number of aryl methyl sites for hydroxylation is 1. The quantitative estimate of drug-likeness (QED) is 0.895. The molecule has 1 N–H and O–H groups in total. The monoisotopic (exact) mass is 330 g/mol. The Morgan fingerprint density at radius 1 is 1.42 bits per heavy atom. The van der Waals surface area contributed by atoms with Gasteiger partial charge in [-0.15, -0.1) is 0 Å². The highest BCUT2D eigenvalue weighted by molar-refractivity contribution is 5.35. The van der Waals surface area contributed by atoms with Crippen molar-refractivity contribution in [3.05, 3.63) is 46.4 Å². The summed E-state index contributed by atoms with van der Waals surface area (Å²) in [6.45, 7) is 4.42. The second-order valence-corrected chi connectivity index (χ2v) is 6.04. The molecule has 1 atom stereocenters. The van der Waals surface area contributed by atoms with Crippen LogP contribution in [0.25, 0.3) is 0 Å². The Kier molecular flexibility index (Phi) is 5.10. The maximum Gasteiger partial charge on any atom is 0.227 e. The van der Waals surface area contributed by atoms with Gasteiger partial charge in [-0.05, 0) is 26.3 Å². The number of nitrogens with one attached hydrogen (secondary N) is 1. The van der Waals surface area contributed by atoms with Crippen LogP contribution in [-0.4, -0.2) is 41.1 Å². The second-order valence-electron chi connectivity index (χ2n) is 6.04. The first kappa shape index (κ1) is 16.4. The lowest BCUT2D eigenvalue weighted by atomic mass is 10.1. The van der Waals surface area contributed by atoms with E-state index in [1.807, 2.05) is 13.0 Å². The molecule has 0 bridgehead atoms. The smallest absolute Gasteiger partial charge is 0.227 e. The van der Waals surface area contributed by atoms with E-state index in [1.165, 1.54) is 19.4 Å². The fraction of sp³-hybridized carbons (Fsp3) is 0.471. The molecule has 0 radical (unpaired) electrons. The molecule has 0 aliphatic carbocycles. The molecule has 0 saturated carbocycles. The van der Waals surface area contributed by atoms with E-state index in [4.69, 9.17) is 9.15 Å². The van der Waals surface area contributed by atoms with Crippen LogP contribution in [0, 0.1) is 6.92 Å². The summed E-state index contributed by atoms with van der Waals surface area (Å²) in [6.07, 6.45) is 5.12. The molecule has 1 unspecified atom stereocenters. The minimum absolute atomic E-state index is 0.151. The van der Waals surface area contributed by atoms with Gasteiger partial charge in [-0.3, -0.25) is 9.69 Å². The van der Waals surface area contributed by atoms with E-state index in [-0.39, 0.29) is 11.2 Å². The predicted octanol–water partition coefficient (Wildman–Crippen LogP) is 1.82. The average molecular weight is 330 g/mol. The van der Waals surface area contributed by atoms with Crippen LogP contribution in [0.3, 0.4) is 0 Å². The molecule has 2 aromatic rings. The van der Waals surface area contributed by atoms with Crippen molar-refractivity contribution in [3.8, 4) is 5.75 Å². The molecule has 1 saturated heterocycles. The Bertz CT molecular complexity index is 747. The van der Waals surface area contributed by atoms with E-state index in [0.29, 0.717) is 18.3 Å². The van der Waals surface area contributed by atoms with E-state index < -0.39 is 0 Å². The number of methoxy groups -OCH3 is 1. The Hall–Kier alpha value is -2.41. The Morgan fingerprint density at radius 2 is 2.29 bits per heavy atom. The largest absolute Gasteiger partial charge is 0.490 e. The summed E-state index contributed by atoms with van der Waals surface area (Å²) >= 11 is 0. The summed E-state index contributed by atoms with van der Waals surface area (Å²) in [6, 6.07) is 3.77. The van der Waals surface area contributed by atoms with Gasteiger partial charge in [0, 0.05) is 30.4 Å². The molecule has 1 aliphatic rings. The summed E-state index contributed by atoms with van der Waals surface area (Å²) in [7, 11) is 1.46. The van der Waals surface area contributed by atoms with Crippen LogP contribution in [0.4, 0.5) is 5.82 Å². The van der Waals surface area contributed by atoms with Gasteiger partial charge in [-0.25, -0.2) is 9.97 Å². The van der Waals surface area contributed by atoms with Crippen molar-refractivity contribution in [2.75, 3.05) is 25.5 Å². The molecule has 0 aromatic carbocycles. The molecule has 1 aliphatic heterocycles. The van der Waals surface area contributed by atoms with Crippen molar-refractivity contribution < 1.29 is 9.15 Å². The summed E-state index contributed by atoms with van der Waals surface area (Å²) in [4.78, 5) is 22.5. The molecule has 1 fully saturated rings. The van der Waals surface area contributed by atoms with Crippen LogP contribution in [0.1, 0.15) is 24.3 Å². The SMILES string of the molecule is COc1coc(CN2CCCC(Nc3cc(C)ncn3)C2)cc1=O. The Balaban J connectivity index is 1.61. The van der Waals surface area contributed by atoms with Crippen molar-refractivity contribution in [1.29, 1.82) is 0 Å². The number of rotatable bonds is 5. The predicted molar refractivity (Wildman–Crippen MR) is 90.2 cm³/mol. The third-order valence-electron chi connectivity index (χ3n) is 4.11. The third-order valence-corrected chi connectivity index (χ3v) is 4.11. The minimum Gasteiger partial charge on any atom is -0.490 e. The molecule has 7 heteroatoms. The van der Waals surface area contributed by atoms with E-state index in [1.54, 1.807) is 6.33 Å². The molecule has 3 heterocycles. The number of aromatic nitrogens is 2. The van der Waals surface area contributed by atoms with Gasteiger partial charge in [0.15, 0.2) is 0 Å². The molecule has 128 valence electrons. The Morgan fingerprint density at radius 3 is 3.04 bits per heavy atom. The topological polar surface area (TPSA) is 80.5 Å². The summed E-state index contributed by atoms with van der Waals surface area (Å²) in [5, 5.41) is 3.46. The molecule has 24 heavy (non-hydrogen) atoms. The van der Waals surface area contributed by atoms with E-state index in [9.17, 15) is 4.79 Å². The maximum absolute atomic E-state index is 11.8. The van der Waals surface area contributed by atoms with E-state index in [2.05, 4.69) is 20.2 Å². The molecular weight excluding hydrogens is 308 g/mol. The summed E-state index contributed by atoms with van der Waals surface area (Å²) in [5.74, 6) is 1.74. The zero-order valence-electron chi connectivity index (χ0n) is 14.0. The van der Waals surface area contributed by atoms with Crippen molar-refractivity contribution in [2.45, 2.75) is 32.4 Å². The van der Waals surface area contributed by atoms with Gasteiger partial charge in [-0.1, -0.05) is 0 Å². The minimum atomic E-state index is -0.151. The first-order valence-corrected chi connectivity index (χ1v) is 8.07. The normalized spacial score (nSPS) is 18.3. The first-order valence-electron chi connectivity index (χ1n) is 8.07. The van der Waals surface area contributed by atoms with Crippen LogP contribution in [-0.2, 0) is 6.54 Å². The molecule has 2 aromatic heterocycles. The lowest BCUT2D eigenvalue weighted by Crippen LogP contribution is -2.41. The number of anilines is 1. The summed E-state index contributed by atoms with van der Waals surface area (Å²) in [5.41, 5.74) is 0.794. The third kappa shape index (κ3) is 4.11. The van der Waals surface area contributed by atoms with Crippen LogP contribution in [0.5, 0.6) is 5.75 Å². The number of ether oxygens (including phenoxy) is 1. The fourth-order valence-corrected chi connectivity index (χ4v) is 2.95.